The van der Waals surface area contributed by atoms with E-state index in [1.54, 1.807) is 12.2 Å². The lowest BCUT2D eigenvalue weighted by Crippen LogP contribution is -2.53. The number of halogens is 9. The number of alkyl halides is 9. The monoisotopic (exact) mass is 573 g/mol. The van der Waals surface area contributed by atoms with E-state index in [1.165, 1.54) is 12.1 Å². The third-order valence-electron chi connectivity index (χ3n) is 5.31. The Morgan fingerprint density at radius 3 is 1.85 bits per heavy atom. The van der Waals surface area contributed by atoms with E-state index in [0.29, 0.717) is 5.71 Å². The van der Waals surface area contributed by atoms with E-state index < -0.39 is 54.6 Å². The standard InChI is InChI=1S/C23H20F9N3O4/c1-13-8-18(39-35-13)11-20(34-19(36)33-12-21(24,25)26,14-4-2-6-16(9-14)37-22(27,28)29)15-5-3-7-17(10-15)38-23(30,31)32/h2-7,9-10,18H,8,11-12H2,1H3,(H2,33,34,36). The van der Waals surface area contributed by atoms with Gasteiger partial charge in [-0.1, -0.05) is 29.4 Å². The highest BCUT2D eigenvalue weighted by atomic mass is 19.4. The van der Waals surface area contributed by atoms with Crippen LogP contribution in [0.1, 0.15) is 30.9 Å². The van der Waals surface area contributed by atoms with E-state index in [2.05, 4.69) is 19.9 Å². The van der Waals surface area contributed by atoms with Crippen LogP contribution in [0.15, 0.2) is 53.7 Å². The van der Waals surface area contributed by atoms with E-state index >= 15 is 0 Å². The van der Waals surface area contributed by atoms with Crippen molar-refractivity contribution in [2.45, 2.75) is 50.3 Å². The summed E-state index contributed by atoms with van der Waals surface area (Å²) in [5, 5.41) is 7.65. The number of nitrogens with zero attached hydrogens (tertiary/aromatic N) is 1. The number of amides is 2. The third-order valence-corrected chi connectivity index (χ3v) is 5.31. The van der Waals surface area contributed by atoms with Crippen molar-refractivity contribution < 1.29 is 58.6 Å². The number of urea groups is 1. The largest absolute Gasteiger partial charge is 0.573 e. The summed E-state index contributed by atoms with van der Waals surface area (Å²) in [5.74, 6) is -1.52. The number of carbonyl (C=O) groups excluding carboxylic acids is 1. The summed E-state index contributed by atoms with van der Waals surface area (Å²) < 4.78 is 124. The van der Waals surface area contributed by atoms with E-state index in [9.17, 15) is 44.3 Å². The molecule has 0 saturated heterocycles. The lowest BCUT2D eigenvalue weighted by atomic mass is 9.77. The van der Waals surface area contributed by atoms with Gasteiger partial charge in [0.05, 0.1) is 11.3 Å². The average molecular weight is 573 g/mol. The molecule has 1 unspecified atom stereocenters. The van der Waals surface area contributed by atoms with Crippen molar-refractivity contribution in [1.29, 1.82) is 0 Å². The molecule has 16 heteroatoms. The predicted octanol–water partition coefficient (Wildman–Crippen LogP) is 6.14. The van der Waals surface area contributed by atoms with Gasteiger partial charge in [0.25, 0.3) is 0 Å². The van der Waals surface area contributed by atoms with Crippen LogP contribution in [0.4, 0.5) is 44.3 Å². The Hall–Kier alpha value is -3.85. The number of oxime groups is 1. The predicted molar refractivity (Wildman–Crippen MR) is 117 cm³/mol. The summed E-state index contributed by atoms with van der Waals surface area (Å²) in [6.45, 7) is -0.188. The van der Waals surface area contributed by atoms with Crippen molar-refractivity contribution in [3.8, 4) is 11.5 Å². The second kappa shape index (κ2) is 11.1. The number of nitrogens with one attached hydrogen (secondary N) is 2. The molecule has 3 rings (SSSR count). The van der Waals surface area contributed by atoms with Gasteiger partial charge in [0, 0.05) is 12.8 Å². The minimum absolute atomic E-state index is 0.144. The zero-order valence-corrected chi connectivity index (χ0v) is 19.8. The molecule has 0 saturated carbocycles. The Labute approximate surface area is 214 Å². The fraction of sp³-hybridized carbons (Fsp3) is 0.391. The fourth-order valence-corrected chi connectivity index (χ4v) is 3.95. The first kappa shape index (κ1) is 29.7. The molecule has 2 aromatic carbocycles. The Kier molecular flexibility index (Phi) is 8.45. The topological polar surface area (TPSA) is 81.2 Å². The summed E-state index contributed by atoms with van der Waals surface area (Å²) in [5.41, 5.74) is -1.93. The first-order valence-corrected chi connectivity index (χ1v) is 11.0. The number of hydrogen-bond acceptors (Lipinski definition) is 5. The molecule has 1 heterocycles. The fourth-order valence-electron chi connectivity index (χ4n) is 3.95. The van der Waals surface area contributed by atoms with Gasteiger partial charge in [0.1, 0.15) is 24.1 Å². The van der Waals surface area contributed by atoms with Crippen molar-refractivity contribution in [2.75, 3.05) is 6.54 Å². The van der Waals surface area contributed by atoms with E-state index in [-0.39, 0.29) is 24.0 Å². The molecule has 2 amide bonds. The average Bonchev–Trinajstić information content (AvgIpc) is 3.19. The maximum Gasteiger partial charge on any atom is 0.573 e. The molecule has 0 spiro atoms. The number of carbonyl (C=O) groups is 1. The highest BCUT2D eigenvalue weighted by Gasteiger charge is 2.43. The van der Waals surface area contributed by atoms with Gasteiger partial charge in [-0.3, -0.25) is 0 Å². The minimum atomic E-state index is -5.13. The van der Waals surface area contributed by atoms with Crippen LogP contribution in [-0.2, 0) is 10.4 Å². The zero-order valence-electron chi connectivity index (χ0n) is 19.8. The van der Waals surface area contributed by atoms with Crippen molar-refractivity contribution in [2.24, 2.45) is 5.16 Å². The first-order valence-electron chi connectivity index (χ1n) is 11.0. The molecule has 0 aromatic heterocycles. The Morgan fingerprint density at radius 1 is 0.923 bits per heavy atom. The summed E-state index contributed by atoms with van der Waals surface area (Å²) in [6, 6.07) is 6.76. The molecular formula is C23H20F9N3O4. The van der Waals surface area contributed by atoms with Gasteiger partial charge in [-0.05, 0) is 42.3 Å². The molecular weight excluding hydrogens is 553 g/mol. The summed E-state index contributed by atoms with van der Waals surface area (Å²) in [6.07, 6.45) is -16.2. The maximum atomic E-state index is 12.9. The van der Waals surface area contributed by atoms with Crippen LogP contribution < -0.4 is 20.1 Å². The highest BCUT2D eigenvalue weighted by molar-refractivity contribution is 5.83. The number of benzene rings is 2. The van der Waals surface area contributed by atoms with E-state index in [4.69, 9.17) is 4.84 Å². The summed E-state index contributed by atoms with van der Waals surface area (Å²) >= 11 is 0. The highest BCUT2D eigenvalue weighted by Crippen LogP contribution is 2.40. The number of rotatable bonds is 8. The quantitative estimate of drug-likeness (QED) is 0.372. The molecule has 2 aromatic rings. The molecule has 0 fully saturated rings. The molecule has 0 aliphatic carbocycles. The molecule has 1 atom stereocenters. The van der Waals surface area contributed by atoms with Crippen LogP contribution in [0, 0.1) is 0 Å². The molecule has 1 aliphatic heterocycles. The number of hydrogen-bond donors (Lipinski definition) is 2. The molecule has 7 nitrogen and oxygen atoms in total. The molecule has 39 heavy (non-hydrogen) atoms. The lowest BCUT2D eigenvalue weighted by Gasteiger charge is -2.38. The summed E-state index contributed by atoms with van der Waals surface area (Å²) in [4.78, 5) is 18.0. The van der Waals surface area contributed by atoms with Crippen LogP contribution in [0.5, 0.6) is 11.5 Å². The lowest BCUT2D eigenvalue weighted by molar-refractivity contribution is -0.275. The van der Waals surface area contributed by atoms with E-state index in [1.807, 2.05) is 0 Å². The molecule has 0 bridgehead atoms. The van der Waals surface area contributed by atoms with Crippen molar-refractivity contribution >= 4 is 11.7 Å². The van der Waals surface area contributed by atoms with Gasteiger partial charge in [0.2, 0.25) is 0 Å². The Morgan fingerprint density at radius 2 is 1.44 bits per heavy atom. The van der Waals surface area contributed by atoms with Crippen molar-refractivity contribution in [3.63, 3.8) is 0 Å². The second-order valence-electron chi connectivity index (χ2n) is 8.44. The third kappa shape index (κ3) is 8.85. The minimum Gasteiger partial charge on any atom is -0.406 e. The van der Waals surface area contributed by atoms with Gasteiger partial charge < -0.3 is 24.9 Å². The normalized spacial score (nSPS) is 16.3. The number of ether oxygens (including phenoxy) is 2. The van der Waals surface area contributed by atoms with Gasteiger partial charge >= 0.3 is 24.9 Å². The van der Waals surface area contributed by atoms with Crippen molar-refractivity contribution in [1.82, 2.24) is 10.6 Å². The molecule has 0 radical (unpaired) electrons. The Bertz CT molecular complexity index is 1140. The van der Waals surface area contributed by atoms with Crippen LogP contribution in [0.3, 0.4) is 0 Å². The van der Waals surface area contributed by atoms with Gasteiger partial charge in [-0.25, -0.2) is 4.79 Å². The molecule has 2 N–H and O–H groups in total. The molecule has 214 valence electrons. The maximum absolute atomic E-state index is 12.9. The van der Waals surface area contributed by atoms with Gasteiger partial charge in [-0.2, -0.15) is 13.2 Å². The van der Waals surface area contributed by atoms with Gasteiger partial charge in [0.15, 0.2) is 0 Å². The van der Waals surface area contributed by atoms with Crippen LogP contribution in [0.2, 0.25) is 0 Å². The van der Waals surface area contributed by atoms with Gasteiger partial charge in [-0.15, -0.1) is 26.3 Å². The second-order valence-corrected chi connectivity index (χ2v) is 8.44. The first-order chi connectivity index (χ1) is 17.9. The van der Waals surface area contributed by atoms with Crippen molar-refractivity contribution in [3.05, 3.63) is 59.7 Å². The Balaban J connectivity index is 2.17. The zero-order chi connectivity index (χ0) is 29.1. The SMILES string of the molecule is CC1=NOC(CC(NC(=O)NCC(F)(F)F)(c2cccc(OC(F)(F)F)c2)c2cccc(OC(F)(F)F)c2)C1. The van der Waals surface area contributed by atoms with Crippen LogP contribution >= 0.6 is 0 Å². The van der Waals surface area contributed by atoms with E-state index in [0.717, 1.165) is 36.4 Å². The van der Waals surface area contributed by atoms with Crippen LogP contribution in [-0.4, -0.2) is 43.3 Å². The van der Waals surface area contributed by atoms with Crippen LogP contribution in [0.25, 0.3) is 0 Å². The smallest absolute Gasteiger partial charge is 0.406 e. The molecule has 1 aliphatic rings. The summed E-state index contributed by atoms with van der Waals surface area (Å²) in [7, 11) is 0.